The van der Waals surface area contributed by atoms with E-state index in [0.29, 0.717) is 19.1 Å². The zero-order valence-corrected chi connectivity index (χ0v) is 15.1. The van der Waals surface area contributed by atoms with Gasteiger partial charge in [0, 0.05) is 18.7 Å². The molecule has 3 rings (SSSR count). The van der Waals surface area contributed by atoms with Crippen molar-refractivity contribution in [2.24, 2.45) is 0 Å². The summed E-state index contributed by atoms with van der Waals surface area (Å²) in [4.78, 5) is 2.21. The van der Waals surface area contributed by atoms with E-state index in [1.165, 1.54) is 5.56 Å². The zero-order chi connectivity index (χ0) is 18.2. The number of hydrogen-bond donors (Lipinski definition) is 0. The molecule has 1 aliphatic rings. The molecule has 0 amide bonds. The van der Waals surface area contributed by atoms with Gasteiger partial charge in [-0.15, -0.1) is 0 Å². The van der Waals surface area contributed by atoms with Crippen LogP contribution in [-0.2, 0) is 16.0 Å². The molecule has 26 heavy (non-hydrogen) atoms. The van der Waals surface area contributed by atoms with Crippen LogP contribution < -0.4 is 4.74 Å². The van der Waals surface area contributed by atoms with Crippen molar-refractivity contribution < 1.29 is 14.2 Å². The summed E-state index contributed by atoms with van der Waals surface area (Å²) in [5, 5.41) is 0. The van der Waals surface area contributed by atoms with Crippen LogP contribution in [-0.4, -0.2) is 31.1 Å². The zero-order valence-electron chi connectivity index (χ0n) is 15.1. The van der Waals surface area contributed by atoms with E-state index in [-0.39, 0.29) is 6.29 Å². The minimum Gasteiger partial charge on any atom is -0.478 e. The van der Waals surface area contributed by atoms with E-state index in [9.17, 15) is 0 Å². The third-order valence-electron chi connectivity index (χ3n) is 4.11. The standard InChI is InChI=1S/C22H25NO3/c1-18(12-13-20-8-4-3-5-9-20)26-19(2)24-15-14-23-16-21-10-6-7-11-22(21)25-17-23/h3-13,19H,1,14-17H2,2H3/b13-12+. The Morgan fingerprint density at radius 1 is 1.19 bits per heavy atom. The molecule has 1 aliphatic heterocycles. The molecule has 0 aliphatic carbocycles. The first-order valence-electron chi connectivity index (χ1n) is 8.84. The van der Waals surface area contributed by atoms with Gasteiger partial charge in [-0.3, -0.25) is 4.90 Å². The largest absolute Gasteiger partial charge is 0.478 e. The number of hydrogen-bond acceptors (Lipinski definition) is 4. The van der Waals surface area contributed by atoms with Gasteiger partial charge in [0.25, 0.3) is 0 Å². The Morgan fingerprint density at radius 2 is 1.96 bits per heavy atom. The molecule has 0 aromatic heterocycles. The number of fused-ring (bicyclic) bond motifs is 1. The van der Waals surface area contributed by atoms with E-state index in [1.54, 1.807) is 0 Å². The molecule has 0 bridgehead atoms. The van der Waals surface area contributed by atoms with Crippen LogP contribution in [0.4, 0.5) is 0 Å². The van der Waals surface area contributed by atoms with Crippen molar-refractivity contribution >= 4 is 6.08 Å². The lowest BCUT2D eigenvalue weighted by molar-refractivity contribution is -0.106. The highest BCUT2D eigenvalue weighted by Gasteiger charge is 2.16. The Kier molecular flexibility index (Phi) is 6.47. The van der Waals surface area contributed by atoms with Crippen molar-refractivity contribution in [1.29, 1.82) is 0 Å². The Balaban J connectivity index is 1.36. The normalized spacial score (nSPS) is 15.3. The Labute approximate surface area is 155 Å². The molecule has 0 radical (unpaired) electrons. The topological polar surface area (TPSA) is 30.9 Å². The monoisotopic (exact) mass is 351 g/mol. The second kappa shape index (κ2) is 9.22. The van der Waals surface area contributed by atoms with Crippen LogP contribution in [0.15, 0.2) is 73.0 Å². The molecule has 0 spiro atoms. The average molecular weight is 351 g/mol. The molecule has 2 aromatic rings. The second-order valence-electron chi connectivity index (χ2n) is 6.20. The molecular weight excluding hydrogens is 326 g/mol. The molecule has 0 saturated carbocycles. The van der Waals surface area contributed by atoms with Gasteiger partial charge in [0.15, 0.2) is 6.29 Å². The summed E-state index contributed by atoms with van der Waals surface area (Å²) in [6.07, 6.45) is 3.48. The summed E-state index contributed by atoms with van der Waals surface area (Å²) in [5.41, 5.74) is 2.32. The van der Waals surface area contributed by atoms with Crippen LogP contribution in [0, 0.1) is 0 Å². The summed E-state index contributed by atoms with van der Waals surface area (Å²) in [6, 6.07) is 18.2. The van der Waals surface area contributed by atoms with E-state index in [2.05, 4.69) is 17.5 Å². The Hall–Kier alpha value is -2.56. The fourth-order valence-corrected chi connectivity index (χ4v) is 2.75. The van der Waals surface area contributed by atoms with Crippen LogP contribution >= 0.6 is 0 Å². The van der Waals surface area contributed by atoms with Crippen molar-refractivity contribution in [3.05, 3.63) is 84.1 Å². The molecule has 1 unspecified atom stereocenters. The Morgan fingerprint density at radius 3 is 2.81 bits per heavy atom. The summed E-state index contributed by atoms with van der Waals surface area (Å²) in [5.74, 6) is 1.56. The molecule has 136 valence electrons. The average Bonchev–Trinajstić information content (AvgIpc) is 2.67. The van der Waals surface area contributed by atoms with Gasteiger partial charge in [-0.05, 0) is 24.6 Å². The maximum absolute atomic E-state index is 5.75. The number of benzene rings is 2. The Bertz CT molecular complexity index is 742. The lowest BCUT2D eigenvalue weighted by Crippen LogP contribution is -2.35. The van der Waals surface area contributed by atoms with Gasteiger partial charge < -0.3 is 14.2 Å². The molecular formula is C22H25NO3. The van der Waals surface area contributed by atoms with Crippen molar-refractivity contribution in [2.75, 3.05) is 19.9 Å². The summed E-state index contributed by atoms with van der Waals surface area (Å²) in [6.45, 7) is 8.61. The van der Waals surface area contributed by atoms with E-state index < -0.39 is 0 Å². The molecule has 1 atom stereocenters. The van der Waals surface area contributed by atoms with E-state index in [0.717, 1.165) is 24.4 Å². The predicted octanol–water partition coefficient (Wildman–Crippen LogP) is 4.44. The maximum atomic E-state index is 5.75. The predicted molar refractivity (Wildman–Crippen MR) is 103 cm³/mol. The van der Waals surface area contributed by atoms with Crippen LogP contribution in [0.5, 0.6) is 5.75 Å². The number of allylic oxidation sites excluding steroid dienone is 1. The summed E-state index contributed by atoms with van der Waals surface area (Å²) < 4.78 is 17.2. The molecule has 4 nitrogen and oxygen atoms in total. The molecule has 4 heteroatoms. The minimum absolute atomic E-state index is 0.346. The van der Waals surface area contributed by atoms with Gasteiger partial charge in [-0.2, -0.15) is 0 Å². The summed E-state index contributed by atoms with van der Waals surface area (Å²) >= 11 is 0. The first kappa shape index (κ1) is 18.2. The van der Waals surface area contributed by atoms with Crippen LogP contribution in [0.3, 0.4) is 0 Å². The first-order valence-corrected chi connectivity index (χ1v) is 8.84. The van der Waals surface area contributed by atoms with Crippen molar-refractivity contribution in [2.45, 2.75) is 19.8 Å². The molecule has 0 N–H and O–H groups in total. The number of nitrogens with zero attached hydrogens (tertiary/aromatic N) is 1. The first-order chi connectivity index (χ1) is 12.7. The van der Waals surface area contributed by atoms with Crippen molar-refractivity contribution in [3.8, 4) is 5.75 Å². The third kappa shape index (κ3) is 5.48. The van der Waals surface area contributed by atoms with Gasteiger partial charge in [-0.25, -0.2) is 0 Å². The van der Waals surface area contributed by atoms with Crippen molar-refractivity contribution in [1.82, 2.24) is 4.90 Å². The van der Waals surface area contributed by atoms with Gasteiger partial charge in [0.1, 0.15) is 18.2 Å². The van der Waals surface area contributed by atoms with Gasteiger partial charge >= 0.3 is 0 Å². The van der Waals surface area contributed by atoms with E-state index in [1.807, 2.05) is 67.6 Å². The highest BCUT2D eigenvalue weighted by molar-refractivity contribution is 5.51. The third-order valence-corrected chi connectivity index (χ3v) is 4.11. The molecule has 1 heterocycles. The smallest absolute Gasteiger partial charge is 0.196 e. The maximum Gasteiger partial charge on any atom is 0.196 e. The highest BCUT2D eigenvalue weighted by atomic mass is 16.7. The minimum atomic E-state index is -0.346. The number of rotatable bonds is 8. The van der Waals surface area contributed by atoms with Gasteiger partial charge in [0.2, 0.25) is 0 Å². The molecule has 0 fully saturated rings. The van der Waals surface area contributed by atoms with Gasteiger partial charge in [0.05, 0.1) is 6.61 Å². The fraction of sp³-hybridized carbons (Fsp3) is 0.273. The summed E-state index contributed by atoms with van der Waals surface area (Å²) in [7, 11) is 0. The van der Waals surface area contributed by atoms with Crippen LogP contribution in [0.25, 0.3) is 6.08 Å². The number of para-hydroxylation sites is 1. The molecule has 0 saturated heterocycles. The van der Waals surface area contributed by atoms with Crippen molar-refractivity contribution in [3.63, 3.8) is 0 Å². The van der Waals surface area contributed by atoms with Gasteiger partial charge in [-0.1, -0.05) is 61.2 Å². The lowest BCUT2D eigenvalue weighted by Gasteiger charge is -2.29. The fourth-order valence-electron chi connectivity index (χ4n) is 2.75. The SMILES string of the molecule is C=C(/C=C/c1ccccc1)OC(C)OCCN1COc2ccccc2C1. The second-order valence-corrected chi connectivity index (χ2v) is 6.20. The van der Waals surface area contributed by atoms with Crippen LogP contribution in [0.2, 0.25) is 0 Å². The lowest BCUT2D eigenvalue weighted by atomic mass is 10.2. The number of ether oxygens (including phenoxy) is 3. The van der Waals surface area contributed by atoms with E-state index >= 15 is 0 Å². The highest BCUT2D eigenvalue weighted by Crippen LogP contribution is 2.23. The van der Waals surface area contributed by atoms with E-state index in [4.69, 9.17) is 14.2 Å². The quantitative estimate of drug-likeness (QED) is 0.399. The van der Waals surface area contributed by atoms with Crippen LogP contribution in [0.1, 0.15) is 18.1 Å². The molecule has 2 aromatic carbocycles.